The molecule has 4 rings (SSSR count). The minimum absolute atomic E-state index is 0.0127. The Bertz CT molecular complexity index is 1040. The molecule has 5 nitrogen and oxygen atoms in total. The summed E-state index contributed by atoms with van der Waals surface area (Å²) < 4.78 is 43.4. The number of anilines is 1. The standard InChI is InChI=1S/C18H14F3N5/c1-10-14(8-22)18-23-17(4-5-26(18)24-10)25-9-12(20)7-16(25)13-6-11(19)2-3-15(13)21/h2-6,12,16H,7,9H2,1H3/t12-,16+/m0/s1. The third kappa shape index (κ3) is 2.56. The Kier molecular flexibility index (Phi) is 3.80. The molecule has 3 aromatic rings. The Morgan fingerprint density at radius 1 is 1.27 bits per heavy atom. The summed E-state index contributed by atoms with van der Waals surface area (Å²) in [7, 11) is 0. The van der Waals surface area contributed by atoms with Crippen molar-refractivity contribution in [1.82, 2.24) is 14.6 Å². The average Bonchev–Trinajstić information content (AvgIpc) is 3.15. The number of benzene rings is 1. The van der Waals surface area contributed by atoms with E-state index in [0.29, 0.717) is 22.7 Å². The van der Waals surface area contributed by atoms with Crippen LogP contribution in [0.5, 0.6) is 0 Å². The topological polar surface area (TPSA) is 57.2 Å². The number of fused-ring (bicyclic) bond motifs is 1. The first-order valence-electron chi connectivity index (χ1n) is 8.09. The van der Waals surface area contributed by atoms with E-state index in [1.165, 1.54) is 4.52 Å². The van der Waals surface area contributed by atoms with Gasteiger partial charge in [-0.15, -0.1) is 0 Å². The first-order valence-corrected chi connectivity index (χ1v) is 8.09. The van der Waals surface area contributed by atoms with E-state index in [-0.39, 0.29) is 18.5 Å². The molecule has 1 aliphatic heterocycles. The number of hydrogen-bond acceptors (Lipinski definition) is 4. The Morgan fingerprint density at radius 2 is 2.08 bits per heavy atom. The first kappa shape index (κ1) is 16.4. The number of nitrogens with zero attached hydrogens (tertiary/aromatic N) is 5. The fraction of sp³-hybridized carbons (Fsp3) is 0.278. The van der Waals surface area contributed by atoms with Crippen molar-refractivity contribution in [3.8, 4) is 6.07 Å². The van der Waals surface area contributed by atoms with Crippen molar-refractivity contribution in [3.63, 3.8) is 0 Å². The van der Waals surface area contributed by atoms with Crippen LogP contribution < -0.4 is 4.90 Å². The van der Waals surface area contributed by atoms with Crippen molar-refractivity contribution >= 4 is 11.5 Å². The summed E-state index contributed by atoms with van der Waals surface area (Å²) >= 11 is 0. The highest BCUT2D eigenvalue weighted by Gasteiger charge is 2.36. The molecular weight excluding hydrogens is 343 g/mol. The average molecular weight is 357 g/mol. The van der Waals surface area contributed by atoms with Gasteiger partial charge in [0.25, 0.3) is 0 Å². The molecule has 0 N–H and O–H groups in total. The van der Waals surface area contributed by atoms with Crippen LogP contribution in [0.3, 0.4) is 0 Å². The fourth-order valence-corrected chi connectivity index (χ4v) is 3.42. The zero-order valence-electron chi connectivity index (χ0n) is 13.8. The van der Waals surface area contributed by atoms with Crippen molar-refractivity contribution < 1.29 is 13.2 Å². The van der Waals surface area contributed by atoms with Crippen LogP contribution in [0.1, 0.15) is 29.3 Å². The molecule has 0 bridgehead atoms. The molecule has 0 unspecified atom stereocenters. The Hall–Kier alpha value is -3.08. The highest BCUT2D eigenvalue weighted by atomic mass is 19.1. The second kappa shape index (κ2) is 6.02. The Labute approximate surface area is 147 Å². The molecule has 0 radical (unpaired) electrons. The lowest BCUT2D eigenvalue weighted by Crippen LogP contribution is -2.25. The van der Waals surface area contributed by atoms with E-state index in [4.69, 9.17) is 0 Å². The van der Waals surface area contributed by atoms with E-state index in [1.807, 2.05) is 0 Å². The van der Waals surface area contributed by atoms with Gasteiger partial charge in [0.15, 0.2) is 5.65 Å². The monoisotopic (exact) mass is 357 g/mol. The van der Waals surface area contributed by atoms with Gasteiger partial charge in [0, 0.05) is 18.2 Å². The third-order valence-corrected chi connectivity index (χ3v) is 4.62. The molecule has 0 amide bonds. The summed E-state index contributed by atoms with van der Waals surface area (Å²) in [5, 5.41) is 13.5. The lowest BCUT2D eigenvalue weighted by molar-refractivity contribution is 0.355. The maximum atomic E-state index is 14.2. The molecule has 1 aromatic carbocycles. The molecular formula is C18H14F3N5. The lowest BCUT2D eigenvalue weighted by atomic mass is 10.0. The molecule has 1 fully saturated rings. The summed E-state index contributed by atoms with van der Waals surface area (Å²) in [6, 6.07) is 6.17. The summed E-state index contributed by atoms with van der Waals surface area (Å²) in [6.07, 6.45) is 0.468. The van der Waals surface area contributed by atoms with Crippen molar-refractivity contribution in [2.45, 2.75) is 25.6 Å². The molecule has 0 saturated carbocycles. The predicted molar refractivity (Wildman–Crippen MR) is 88.4 cm³/mol. The predicted octanol–water partition coefficient (Wildman–Crippen LogP) is 3.48. The summed E-state index contributed by atoms with van der Waals surface area (Å²) in [6.45, 7) is 1.71. The smallest absolute Gasteiger partial charge is 0.175 e. The van der Waals surface area contributed by atoms with Crippen molar-refractivity contribution in [2.75, 3.05) is 11.4 Å². The minimum Gasteiger partial charge on any atom is -0.346 e. The van der Waals surface area contributed by atoms with Crippen LogP contribution in [0.25, 0.3) is 5.65 Å². The fourth-order valence-electron chi connectivity index (χ4n) is 3.42. The normalized spacial score (nSPS) is 19.9. The minimum atomic E-state index is -1.19. The van der Waals surface area contributed by atoms with Crippen LogP contribution in [-0.4, -0.2) is 27.3 Å². The largest absolute Gasteiger partial charge is 0.346 e. The number of halogens is 3. The molecule has 2 aromatic heterocycles. The van der Waals surface area contributed by atoms with Crippen molar-refractivity contribution in [1.29, 1.82) is 5.26 Å². The lowest BCUT2D eigenvalue weighted by Gasteiger charge is -2.26. The molecule has 2 atom stereocenters. The summed E-state index contributed by atoms with van der Waals surface area (Å²) in [5.74, 6) is -0.776. The number of aromatic nitrogens is 3. The van der Waals surface area contributed by atoms with Crippen LogP contribution >= 0.6 is 0 Å². The molecule has 1 saturated heterocycles. The number of aryl methyl sites for hydroxylation is 1. The highest BCUT2D eigenvalue weighted by Crippen LogP contribution is 2.38. The van der Waals surface area contributed by atoms with Gasteiger partial charge in [-0.1, -0.05) is 0 Å². The molecule has 8 heteroatoms. The van der Waals surface area contributed by atoms with Gasteiger partial charge < -0.3 is 4.90 Å². The number of alkyl halides is 1. The van der Waals surface area contributed by atoms with Crippen LogP contribution in [-0.2, 0) is 0 Å². The molecule has 0 aliphatic carbocycles. The van der Waals surface area contributed by atoms with E-state index in [0.717, 1.165) is 18.2 Å². The van der Waals surface area contributed by atoms with E-state index in [2.05, 4.69) is 16.2 Å². The maximum absolute atomic E-state index is 14.2. The number of rotatable bonds is 2. The summed E-state index contributed by atoms with van der Waals surface area (Å²) in [5.41, 5.74) is 1.31. The highest BCUT2D eigenvalue weighted by molar-refractivity contribution is 5.61. The second-order valence-electron chi connectivity index (χ2n) is 6.29. The van der Waals surface area contributed by atoms with E-state index < -0.39 is 23.8 Å². The first-order chi connectivity index (χ1) is 12.5. The van der Waals surface area contributed by atoms with Gasteiger partial charge in [0.1, 0.15) is 35.3 Å². The quantitative estimate of drug-likeness (QED) is 0.705. The van der Waals surface area contributed by atoms with Crippen LogP contribution in [0.4, 0.5) is 19.0 Å². The second-order valence-corrected chi connectivity index (χ2v) is 6.29. The van der Waals surface area contributed by atoms with Gasteiger partial charge in [0.2, 0.25) is 0 Å². The number of hydrogen-bond donors (Lipinski definition) is 0. The molecule has 1 aliphatic rings. The van der Waals surface area contributed by atoms with Crippen LogP contribution in [0.2, 0.25) is 0 Å². The van der Waals surface area contributed by atoms with E-state index in [9.17, 15) is 18.4 Å². The zero-order valence-corrected chi connectivity index (χ0v) is 13.8. The van der Waals surface area contributed by atoms with Gasteiger partial charge in [-0.2, -0.15) is 10.4 Å². The molecule has 132 valence electrons. The van der Waals surface area contributed by atoms with Gasteiger partial charge in [-0.05, 0) is 31.2 Å². The van der Waals surface area contributed by atoms with Gasteiger partial charge in [-0.3, -0.25) is 0 Å². The van der Waals surface area contributed by atoms with Crippen molar-refractivity contribution in [2.24, 2.45) is 0 Å². The summed E-state index contributed by atoms with van der Waals surface area (Å²) in [4.78, 5) is 6.04. The Morgan fingerprint density at radius 3 is 2.85 bits per heavy atom. The van der Waals surface area contributed by atoms with E-state index >= 15 is 0 Å². The van der Waals surface area contributed by atoms with Crippen LogP contribution in [0, 0.1) is 29.9 Å². The molecule has 0 spiro atoms. The molecule has 26 heavy (non-hydrogen) atoms. The SMILES string of the molecule is Cc1nn2ccc(N3C[C@@H](F)C[C@@H]3c3cc(F)ccc3F)nc2c1C#N. The maximum Gasteiger partial charge on any atom is 0.175 e. The van der Waals surface area contributed by atoms with Crippen molar-refractivity contribution in [3.05, 3.63) is 58.9 Å². The number of nitriles is 1. The van der Waals surface area contributed by atoms with E-state index in [1.54, 1.807) is 24.1 Å². The van der Waals surface area contributed by atoms with Gasteiger partial charge in [0.05, 0.1) is 18.3 Å². The van der Waals surface area contributed by atoms with Crippen LogP contribution in [0.15, 0.2) is 30.5 Å². The Balaban J connectivity index is 1.81. The van der Waals surface area contributed by atoms with Gasteiger partial charge in [-0.25, -0.2) is 22.7 Å². The van der Waals surface area contributed by atoms with Gasteiger partial charge >= 0.3 is 0 Å². The molecule has 3 heterocycles. The third-order valence-electron chi connectivity index (χ3n) is 4.62. The zero-order chi connectivity index (χ0) is 18.4.